The number of carboxylic acid groups (broad SMARTS) is 1. The summed E-state index contributed by atoms with van der Waals surface area (Å²) < 4.78 is 1.32. The Kier molecular flexibility index (Phi) is 3.89. The summed E-state index contributed by atoms with van der Waals surface area (Å²) in [6.07, 6.45) is 0. The van der Waals surface area contributed by atoms with Gasteiger partial charge in [0.25, 0.3) is 5.56 Å². The Balaban J connectivity index is 2.51. The number of carbonyl (C=O) groups excluding carboxylic acids is 1. The summed E-state index contributed by atoms with van der Waals surface area (Å²) in [6.45, 7) is 3.12. The number of aromatic nitrogens is 1. The molecule has 108 valence electrons. The van der Waals surface area contributed by atoms with E-state index < -0.39 is 11.5 Å². The molecule has 0 spiro atoms. The van der Waals surface area contributed by atoms with Crippen molar-refractivity contribution >= 4 is 17.6 Å². The van der Waals surface area contributed by atoms with Gasteiger partial charge in [0.2, 0.25) is 5.91 Å². The molecular formula is C15H14N2O4. The number of hydrogen-bond acceptors (Lipinski definition) is 3. The highest BCUT2D eigenvalue weighted by Crippen LogP contribution is 2.14. The van der Waals surface area contributed by atoms with E-state index in [4.69, 9.17) is 5.11 Å². The number of hydrogen-bond donors (Lipinski definition) is 2. The van der Waals surface area contributed by atoms with Gasteiger partial charge in [-0.1, -0.05) is 0 Å². The molecule has 0 fully saturated rings. The van der Waals surface area contributed by atoms with Crippen molar-refractivity contribution in [2.24, 2.45) is 0 Å². The van der Waals surface area contributed by atoms with Crippen LogP contribution in [0.4, 0.5) is 5.69 Å². The maximum atomic E-state index is 12.2. The predicted molar refractivity (Wildman–Crippen MR) is 78.0 cm³/mol. The third-order valence-electron chi connectivity index (χ3n) is 2.95. The predicted octanol–water partition coefficient (Wildman–Crippen LogP) is 1.80. The highest BCUT2D eigenvalue weighted by atomic mass is 16.4. The maximum absolute atomic E-state index is 12.2. The van der Waals surface area contributed by atoms with Crippen LogP contribution in [0.1, 0.15) is 23.0 Å². The molecule has 2 aromatic rings. The molecule has 1 heterocycles. The first kappa shape index (κ1) is 14.5. The van der Waals surface area contributed by atoms with Crippen LogP contribution in [0.15, 0.2) is 41.2 Å². The smallest absolute Gasteiger partial charge is 0.341 e. The van der Waals surface area contributed by atoms with Crippen molar-refractivity contribution in [1.29, 1.82) is 0 Å². The zero-order valence-corrected chi connectivity index (χ0v) is 11.6. The molecule has 0 saturated heterocycles. The van der Waals surface area contributed by atoms with Gasteiger partial charge in [-0.2, -0.15) is 0 Å². The lowest BCUT2D eigenvalue weighted by molar-refractivity contribution is -0.114. The molecule has 1 aromatic heterocycles. The molecule has 2 rings (SSSR count). The molecule has 1 amide bonds. The van der Waals surface area contributed by atoms with Crippen LogP contribution in [0.2, 0.25) is 0 Å². The number of rotatable bonds is 3. The summed E-state index contributed by atoms with van der Waals surface area (Å²) in [4.78, 5) is 34.2. The van der Waals surface area contributed by atoms with Crippen molar-refractivity contribution < 1.29 is 14.7 Å². The van der Waals surface area contributed by atoms with E-state index >= 15 is 0 Å². The molecule has 0 aliphatic heterocycles. The first-order chi connectivity index (χ1) is 9.90. The number of amides is 1. The van der Waals surface area contributed by atoms with Crippen molar-refractivity contribution in [3.8, 4) is 5.69 Å². The molecule has 2 N–H and O–H groups in total. The van der Waals surface area contributed by atoms with Crippen LogP contribution in [-0.2, 0) is 4.79 Å². The van der Waals surface area contributed by atoms with Gasteiger partial charge < -0.3 is 10.4 Å². The van der Waals surface area contributed by atoms with Crippen molar-refractivity contribution in [3.63, 3.8) is 0 Å². The quantitative estimate of drug-likeness (QED) is 0.900. The summed E-state index contributed by atoms with van der Waals surface area (Å²) in [5.41, 5.74) is 0.889. The van der Waals surface area contributed by atoms with Crippen LogP contribution in [0.5, 0.6) is 0 Å². The molecule has 1 aromatic carbocycles. The third-order valence-corrected chi connectivity index (χ3v) is 2.95. The average molecular weight is 286 g/mol. The van der Waals surface area contributed by atoms with E-state index in [-0.39, 0.29) is 11.5 Å². The fourth-order valence-corrected chi connectivity index (χ4v) is 2.01. The first-order valence-corrected chi connectivity index (χ1v) is 6.24. The fraction of sp³-hybridized carbons (Fsp3) is 0.133. The number of anilines is 1. The lowest BCUT2D eigenvalue weighted by Crippen LogP contribution is -2.26. The topological polar surface area (TPSA) is 88.4 Å². The summed E-state index contributed by atoms with van der Waals surface area (Å²) in [5, 5.41) is 11.6. The zero-order chi connectivity index (χ0) is 15.6. The Hall–Kier alpha value is -2.89. The summed E-state index contributed by atoms with van der Waals surface area (Å²) in [7, 11) is 0. The van der Waals surface area contributed by atoms with Gasteiger partial charge in [-0.05, 0) is 43.3 Å². The maximum Gasteiger partial charge on any atom is 0.341 e. The highest BCUT2D eigenvalue weighted by molar-refractivity contribution is 5.89. The van der Waals surface area contributed by atoms with Crippen molar-refractivity contribution in [2.45, 2.75) is 13.8 Å². The van der Waals surface area contributed by atoms with Crippen molar-refractivity contribution in [1.82, 2.24) is 4.57 Å². The SMILES string of the molecule is CC(=O)Nc1ccc(-n2c(C)ccc(C(=O)O)c2=O)cc1. The van der Waals surface area contributed by atoms with Crippen molar-refractivity contribution in [3.05, 3.63) is 58.0 Å². The number of carbonyl (C=O) groups is 2. The number of benzene rings is 1. The summed E-state index contributed by atoms with van der Waals surface area (Å²) >= 11 is 0. The number of aromatic carboxylic acids is 1. The lowest BCUT2D eigenvalue weighted by Gasteiger charge is -2.11. The Labute approximate surface area is 120 Å². The normalized spacial score (nSPS) is 10.2. The Morgan fingerprint density at radius 3 is 2.24 bits per heavy atom. The molecule has 6 nitrogen and oxygen atoms in total. The second-order valence-electron chi connectivity index (χ2n) is 4.56. The highest BCUT2D eigenvalue weighted by Gasteiger charge is 2.13. The molecule has 0 aliphatic rings. The van der Waals surface area contributed by atoms with Gasteiger partial charge in [-0.3, -0.25) is 14.2 Å². The van der Waals surface area contributed by atoms with Crippen LogP contribution in [0.3, 0.4) is 0 Å². The van der Waals surface area contributed by atoms with Crippen LogP contribution >= 0.6 is 0 Å². The largest absolute Gasteiger partial charge is 0.477 e. The molecule has 21 heavy (non-hydrogen) atoms. The molecular weight excluding hydrogens is 272 g/mol. The van der Waals surface area contributed by atoms with Gasteiger partial charge in [0, 0.05) is 24.0 Å². The summed E-state index contributed by atoms with van der Waals surface area (Å²) in [5.74, 6) is -1.45. The van der Waals surface area contributed by atoms with Crippen LogP contribution < -0.4 is 10.9 Å². The molecule has 0 saturated carbocycles. The van der Waals surface area contributed by atoms with Gasteiger partial charge in [0.05, 0.1) is 0 Å². The Morgan fingerprint density at radius 2 is 1.71 bits per heavy atom. The minimum absolute atomic E-state index is 0.191. The molecule has 0 aliphatic carbocycles. The Bertz CT molecular complexity index is 760. The molecule has 0 unspecified atom stereocenters. The minimum atomic E-state index is -1.26. The summed E-state index contributed by atoms with van der Waals surface area (Å²) in [6, 6.07) is 9.46. The second-order valence-corrected chi connectivity index (χ2v) is 4.56. The fourth-order valence-electron chi connectivity index (χ4n) is 2.01. The van der Waals surface area contributed by atoms with Crippen LogP contribution in [-0.4, -0.2) is 21.6 Å². The third kappa shape index (κ3) is 3.00. The number of carboxylic acids is 1. The second kappa shape index (κ2) is 5.62. The monoisotopic (exact) mass is 286 g/mol. The van der Waals surface area contributed by atoms with Gasteiger partial charge in [-0.25, -0.2) is 4.79 Å². The van der Waals surface area contributed by atoms with Crippen molar-refractivity contribution in [2.75, 3.05) is 5.32 Å². The van der Waals surface area contributed by atoms with E-state index in [1.807, 2.05) is 0 Å². The molecule has 0 atom stereocenters. The lowest BCUT2D eigenvalue weighted by atomic mass is 10.2. The molecule has 0 radical (unpaired) electrons. The van der Waals surface area contributed by atoms with Gasteiger partial charge in [0.15, 0.2) is 0 Å². The van der Waals surface area contributed by atoms with Crippen LogP contribution in [0.25, 0.3) is 5.69 Å². The van der Waals surface area contributed by atoms with Gasteiger partial charge in [-0.15, -0.1) is 0 Å². The number of aryl methyl sites for hydroxylation is 1. The van der Waals surface area contributed by atoms with E-state index in [9.17, 15) is 14.4 Å². The minimum Gasteiger partial charge on any atom is -0.477 e. The first-order valence-electron chi connectivity index (χ1n) is 6.24. The van der Waals surface area contributed by atoms with E-state index in [1.54, 1.807) is 37.3 Å². The number of pyridine rings is 1. The molecule has 0 bridgehead atoms. The average Bonchev–Trinajstić information content (AvgIpc) is 2.39. The zero-order valence-electron chi connectivity index (χ0n) is 11.6. The number of nitrogens with one attached hydrogen (secondary N) is 1. The van der Waals surface area contributed by atoms with E-state index in [0.717, 1.165) is 0 Å². The van der Waals surface area contributed by atoms with E-state index in [2.05, 4.69) is 5.32 Å². The van der Waals surface area contributed by atoms with Crippen LogP contribution in [0, 0.1) is 6.92 Å². The Morgan fingerprint density at radius 1 is 1.10 bits per heavy atom. The standard InChI is InChI=1S/C15H14N2O4/c1-9-3-8-13(15(20)21)14(19)17(9)12-6-4-11(5-7-12)16-10(2)18/h3-8H,1-2H3,(H,16,18)(H,20,21). The van der Waals surface area contributed by atoms with Gasteiger partial charge >= 0.3 is 5.97 Å². The van der Waals surface area contributed by atoms with E-state index in [0.29, 0.717) is 17.1 Å². The number of nitrogens with zero attached hydrogens (tertiary/aromatic N) is 1. The molecule has 6 heteroatoms. The van der Waals surface area contributed by atoms with Gasteiger partial charge in [0.1, 0.15) is 5.56 Å². The van der Waals surface area contributed by atoms with E-state index in [1.165, 1.54) is 17.6 Å².